The van der Waals surface area contributed by atoms with E-state index in [1.54, 1.807) is 42.5 Å². The van der Waals surface area contributed by atoms with E-state index < -0.39 is 0 Å². The molecular formula is C25H19N3O5. The Bertz CT molecular complexity index is 1350. The molecule has 2 heterocycles. The maximum absolute atomic E-state index is 12.5. The molecule has 0 radical (unpaired) electrons. The summed E-state index contributed by atoms with van der Waals surface area (Å²) in [6.45, 7) is 0.0151. The first-order chi connectivity index (χ1) is 16.1. The van der Waals surface area contributed by atoms with Gasteiger partial charge in [-0.15, -0.1) is 0 Å². The Morgan fingerprint density at radius 3 is 2.48 bits per heavy atom. The number of carbonyl (C=O) groups excluding carboxylic acids is 1. The van der Waals surface area contributed by atoms with Gasteiger partial charge in [-0.2, -0.15) is 0 Å². The molecule has 0 aliphatic carbocycles. The molecule has 0 atom stereocenters. The standard InChI is InChI=1S/C25H19N3O5/c29-24(27-18-7-9-20(10-8-18)33-19-4-2-1-3-5-19)14-28-15-26-21(13-25(28)30)17-6-11-22-23(12-17)32-16-31-22/h1-13,15H,14,16H2,(H,27,29). The maximum Gasteiger partial charge on any atom is 0.254 e. The second kappa shape index (κ2) is 8.88. The van der Waals surface area contributed by atoms with E-state index in [4.69, 9.17) is 14.2 Å². The number of carbonyl (C=O) groups is 1. The SMILES string of the molecule is O=C(Cn1cnc(-c2ccc3c(c2)OCO3)cc1=O)Nc1ccc(Oc2ccccc2)cc1. The van der Waals surface area contributed by atoms with Crippen LogP contribution in [0.25, 0.3) is 11.3 Å². The Kier molecular flexibility index (Phi) is 5.47. The van der Waals surface area contributed by atoms with Crippen LogP contribution in [0.1, 0.15) is 0 Å². The molecule has 0 spiro atoms. The number of rotatable bonds is 6. The van der Waals surface area contributed by atoms with Gasteiger partial charge in [-0.05, 0) is 54.6 Å². The van der Waals surface area contributed by atoms with Gasteiger partial charge in [0.25, 0.3) is 5.56 Å². The van der Waals surface area contributed by atoms with Crippen molar-refractivity contribution < 1.29 is 19.0 Å². The van der Waals surface area contributed by atoms with Crippen molar-refractivity contribution in [2.24, 2.45) is 0 Å². The molecule has 1 N–H and O–H groups in total. The molecule has 0 unspecified atom stereocenters. The molecule has 3 aromatic carbocycles. The third-order valence-electron chi connectivity index (χ3n) is 4.98. The Labute approximate surface area is 189 Å². The van der Waals surface area contributed by atoms with Crippen molar-refractivity contribution in [1.29, 1.82) is 0 Å². The van der Waals surface area contributed by atoms with Crippen molar-refractivity contribution >= 4 is 11.6 Å². The molecule has 5 rings (SSSR count). The van der Waals surface area contributed by atoms with Crippen LogP contribution in [0.4, 0.5) is 5.69 Å². The lowest BCUT2D eigenvalue weighted by atomic mass is 10.1. The van der Waals surface area contributed by atoms with Crippen LogP contribution in [0.3, 0.4) is 0 Å². The van der Waals surface area contributed by atoms with Crippen molar-refractivity contribution in [1.82, 2.24) is 9.55 Å². The first-order valence-electron chi connectivity index (χ1n) is 10.2. The van der Waals surface area contributed by atoms with Gasteiger partial charge in [0.15, 0.2) is 11.5 Å². The molecule has 0 bridgehead atoms. The van der Waals surface area contributed by atoms with Crippen molar-refractivity contribution in [3.8, 4) is 34.3 Å². The lowest BCUT2D eigenvalue weighted by Gasteiger charge is -2.09. The van der Waals surface area contributed by atoms with E-state index in [0.717, 1.165) is 11.3 Å². The smallest absolute Gasteiger partial charge is 0.254 e. The Morgan fingerprint density at radius 2 is 1.70 bits per heavy atom. The summed E-state index contributed by atoms with van der Waals surface area (Å²) in [4.78, 5) is 29.3. The first kappa shape index (κ1) is 20.3. The monoisotopic (exact) mass is 441 g/mol. The molecule has 1 aromatic heterocycles. The molecule has 4 aromatic rings. The number of benzene rings is 3. The second-order valence-corrected chi connectivity index (χ2v) is 7.30. The highest BCUT2D eigenvalue weighted by molar-refractivity contribution is 5.90. The predicted octanol–water partition coefficient (Wildman–Crippen LogP) is 4.07. The minimum absolute atomic E-state index is 0.157. The fraction of sp³-hybridized carbons (Fsp3) is 0.0800. The average Bonchev–Trinajstić information content (AvgIpc) is 3.30. The Hall–Kier alpha value is -4.59. The topological polar surface area (TPSA) is 91.7 Å². The number of para-hydroxylation sites is 1. The average molecular weight is 441 g/mol. The highest BCUT2D eigenvalue weighted by Gasteiger charge is 2.15. The minimum Gasteiger partial charge on any atom is -0.457 e. The second-order valence-electron chi connectivity index (χ2n) is 7.30. The number of aromatic nitrogens is 2. The number of anilines is 1. The van der Waals surface area contributed by atoms with Crippen LogP contribution >= 0.6 is 0 Å². The van der Waals surface area contributed by atoms with Gasteiger partial charge < -0.3 is 19.5 Å². The summed E-state index contributed by atoms with van der Waals surface area (Å²) in [7, 11) is 0. The zero-order valence-corrected chi connectivity index (χ0v) is 17.4. The number of nitrogens with zero attached hydrogens (tertiary/aromatic N) is 2. The molecule has 1 aliphatic heterocycles. The zero-order chi connectivity index (χ0) is 22.6. The number of fused-ring (bicyclic) bond motifs is 1. The molecule has 0 saturated carbocycles. The van der Waals surface area contributed by atoms with Crippen molar-refractivity contribution in [3.63, 3.8) is 0 Å². The summed E-state index contributed by atoms with van der Waals surface area (Å²) in [6.07, 6.45) is 1.36. The lowest BCUT2D eigenvalue weighted by molar-refractivity contribution is -0.116. The number of nitrogens with one attached hydrogen (secondary N) is 1. The Morgan fingerprint density at radius 1 is 0.939 bits per heavy atom. The molecular weight excluding hydrogens is 422 g/mol. The van der Waals surface area contributed by atoms with Gasteiger partial charge in [0.05, 0.1) is 12.0 Å². The van der Waals surface area contributed by atoms with Crippen LogP contribution in [0.2, 0.25) is 0 Å². The van der Waals surface area contributed by atoms with Crippen LogP contribution in [-0.4, -0.2) is 22.3 Å². The molecule has 8 heteroatoms. The van der Waals surface area contributed by atoms with Crippen molar-refractivity contribution in [2.45, 2.75) is 6.54 Å². The van der Waals surface area contributed by atoms with Gasteiger partial charge in [0.2, 0.25) is 12.7 Å². The van der Waals surface area contributed by atoms with E-state index in [9.17, 15) is 9.59 Å². The molecule has 1 amide bonds. The van der Waals surface area contributed by atoms with Gasteiger partial charge in [-0.25, -0.2) is 4.98 Å². The van der Waals surface area contributed by atoms with Crippen LogP contribution in [0.15, 0.2) is 90.0 Å². The van der Waals surface area contributed by atoms with Gasteiger partial charge in [0.1, 0.15) is 18.0 Å². The van der Waals surface area contributed by atoms with E-state index in [0.29, 0.717) is 28.6 Å². The summed E-state index contributed by atoms with van der Waals surface area (Å²) in [6, 6.07) is 23.1. The van der Waals surface area contributed by atoms with Crippen LogP contribution in [0, 0.1) is 0 Å². The largest absolute Gasteiger partial charge is 0.457 e. The Balaban J connectivity index is 1.22. The molecule has 0 fully saturated rings. The summed E-state index contributed by atoms with van der Waals surface area (Å²) in [5.41, 5.74) is 1.48. The fourth-order valence-electron chi connectivity index (χ4n) is 3.34. The summed E-state index contributed by atoms with van der Waals surface area (Å²) in [5.74, 6) is 2.30. The number of hydrogen-bond acceptors (Lipinski definition) is 6. The van der Waals surface area contributed by atoms with E-state index in [1.807, 2.05) is 30.3 Å². The molecule has 33 heavy (non-hydrogen) atoms. The van der Waals surface area contributed by atoms with E-state index in [1.165, 1.54) is 17.0 Å². The van der Waals surface area contributed by atoms with Crippen LogP contribution in [-0.2, 0) is 11.3 Å². The van der Waals surface area contributed by atoms with E-state index in [2.05, 4.69) is 10.3 Å². The third kappa shape index (κ3) is 4.69. The van der Waals surface area contributed by atoms with Gasteiger partial charge in [-0.3, -0.25) is 14.2 Å². The van der Waals surface area contributed by atoms with E-state index in [-0.39, 0.29) is 24.8 Å². The van der Waals surface area contributed by atoms with Crippen LogP contribution in [0.5, 0.6) is 23.0 Å². The first-order valence-corrected chi connectivity index (χ1v) is 10.2. The highest BCUT2D eigenvalue weighted by Crippen LogP contribution is 2.35. The van der Waals surface area contributed by atoms with Gasteiger partial charge in [-0.1, -0.05) is 18.2 Å². The number of amides is 1. The third-order valence-corrected chi connectivity index (χ3v) is 4.98. The molecule has 1 aliphatic rings. The summed E-state index contributed by atoms with van der Waals surface area (Å²) in [5, 5.41) is 2.77. The molecule has 8 nitrogen and oxygen atoms in total. The number of ether oxygens (including phenoxy) is 3. The van der Waals surface area contributed by atoms with Crippen molar-refractivity contribution in [3.05, 3.63) is 95.5 Å². The lowest BCUT2D eigenvalue weighted by Crippen LogP contribution is -2.27. The molecule has 0 saturated heterocycles. The van der Waals surface area contributed by atoms with Crippen molar-refractivity contribution in [2.75, 3.05) is 12.1 Å². The minimum atomic E-state index is -0.341. The number of hydrogen-bond donors (Lipinski definition) is 1. The molecule has 164 valence electrons. The summed E-state index contributed by atoms with van der Waals surface area (Å²) >= 11 is 0. The predicted molar refractivity (Wildman–Crippen MR) is 122 cm³/mol. The van der Waals surface area contributed by atoms with Gasteiger partial charge in [0, 0.05) is 17.3 Å². The van der Waals surface area contributed by atoms with Gasteiger partial charge >= 0.3 is 0 Å². The fourth-order valence-corrected chi connectivity index (χ4v) is 3.34. The quantitative estimate of drug-likeness (QED) is 0.485. The normalized spacial score (nSPS) is 11.8. The highest BCUT2D eigenvalue weighted by atomic mass is 16.7. The zero-order valence-electron chi connectivity index (χ0n) is 17.4. The van der Waals surface area contributed by atoms with Crippen LogP contribution < -0.4 is 25.1 Å². The van der Waals surface area contributed by atoms with E-state index >= 15 is 0 Å². The maximum atomic E-state index is 12.5. The summed E-state index contributed by atoms with van der Waals surface area (Å²) < 4.78 is 17.7.